The van der Waals surface area contributed by atoms with Crippen molar-refractivity contribution in [2.75, 3.05) is 0 Å². The molecule has 4 saturated carbocycles. The van der Waals surface area contributed by atoms with Crippen molar-refractivity contribution >= 4 is 5.78 Å². The van der Waals surface area contributed by atoms with Crippen LogP contribution in [-0.2, 0) is 4.79 Å². The van der Waals surface area contributed by atoms with Gasteiger partial charge in [0.15, 0.2) is 0 Å². The van der Waals surface area contributed by atoms with Gasteiger partial charge in [0.2, 0.25) is 0 Å². The van der Waals surface area contributed by atoms with Crippen LogP contribution in [0.15, 0.2) is 0 Å². The number of hydrogen-bond acceptors (Lipinski definition) is 4. The van der Waals surface area contributed by atoms with E-state index in [1.807, 2.05) is 13.8 Å². The van der Waals surface area contributed by atoms with Gasteiger partial charge >= 0.3 is 0 Å². The van der Waals surface area contributed by atoms with Gasteiger partial charge in [-0.3, -0.25) is 4.79 Å². The second kappa shape index (κ2) is 4.63. The second-order valence-corrected chi connectivity index (χ2v) is 10.1. The number of carbonyl (C=O) groups is 1. The first kappa shape index (κ1) is 17.0. The zero-order valence-electron chi connectivity index (χ0n) is 15.4. The van der Waals surface area contributed by atoms with E-state index < -0.39 is 28.6 Å². The molecule has 4 rings (SSSR count). The standard InChI is InChI=1S/C20H32O4/c1-11-12-5-8-20(24)18(4)13(17(2,3)7-6-14(18)21)9-15(22)19(20,10-12)16(11)23/h11-15,21-22,24H,5-10H2,1-4H3/t11-,12-,13-,14-,15-,18+,19-,20-/m1/s1. The number of rotatable bonds is 0. The topological polar surface area (TPSA) is 77.8 Å². The predicted octanol–water partition coefficient (Wildman–Crippen LogP) is 2.29. The molecule has 136 valence electrons. The Balaban J connectivity index is 1.93. The summed E-state index contributed by atoms with van der Waals surface area (Å²) in [6.45, 7) is 8.31. The number of ketones is 1. The third-order valence-electron chi connectivity index (χ3n) is 9.10. The molecule has 4 aliphatic carbocycles. The number of Topliss-reactive ketones (excluding diaryl/α,β-unsaturated/α-hetero) is 1. The summed E-state index contributed by atoms with van der Waals surface area (Å²) < 4.78 is 0. The van der Waals surface area contributed by atoms with Crippen LogP contribution in [0.1, 0.15) is 66.2 Å². The fourth-order valence-electron chi connectivity index (χ4n) is 7.56. The smallest absolute Gasteiger partial charge is 0.147 e. The fraction of sp³-hybridized carbons (Fsp3) is 0.950. The summed E-state index contributed by atoms with van der Waals surface area (Å²) in [5, 5.41) is 34.2. The zero-order chi connectivity index (χ0) is 17.7. The average molecular weight is 336 g/mol. The molecule has 0 unspecified atom stereocenters. The van der Waals surface area contributed by atoms with Gasteiger partial charge in [0.05, 0.1) is 23.2 Å². The van der Waals surface area contributed by atoms with Crippen molar-refractivity contribution in [3.8, 4) is 0 Å². The average Bonchev–Trinajstić information content (AvgIpc) is 2.74. The third kappa shape index (κ3) is 1.55. The van der Waals surface area contributed by atoms with Gasteiger partial charge in [0.1, 0.15) is 5.78 Å². The molecule has 4 aliphatic rings. The normalized spacial score (nSPS) is 59.0. The SMILES string of the molecule is C[C@H]1C(=O)[C@]23C[C@H]1CC[C@@]2(O)[C@]1(C)[C@H](O)CCC(C)(C)[C@H]1C[C@H]3O. The van der Waals surface area contributed by atoms with Crippen molar-refractivity contribution in [3.05, 3.63) is 0 Å². The lowest BCUT2D eigenvalue weighted by Gasteiger charge is -2.69. The highest BCUT2D eigenvalue weighted by Crippen LogP contribution is 2.72. The Labute approximate surface area is 144 Å². The predicted molar refractivity (Wildman–Crippen MR) is 90.1 cm³/mol. The Morgan fingerprint density at radius 3 is 2.38 bits per heavy atom. The van der Waals surface area contributed by atoms with Crippen LogP contribution in [0.4, 0.5) is 0 Å². The molecule has 0 saturated heterocycles. The van der Waals surface area contributed by atoms with Crippen LogP contribution in [0.2, 0.25) is 0 Å². The Hall–Kier alpha value is -0.450. The van der Waals surface area contributed by atoms with Crippen molar-refractivity contribution < 1.29 is 20.1 Å². The van der Waals surface area contributed by atoms with Crippen LogP contribution < -0.4 is 0 Å². The van der Waals surface area contributed by atoms with E-state index in [4.69, 9.17) is 0 Å². The summed E-state index contributed by atoms with van der Waals surface area (Å²) in [6.07, 6.45) is 2.54. The lowest BCUT2D eigenvalue weighted by molar-refractivity contribution is -0.307. The van der Waals surface area contributed by atoms with Crippen LogP contribution in [0.3, 0.4) is 0 Å². The molecule has 4 heteroatoms. The van der Waals surface area contributed by atoms with E-state index >= 15 is 0 Å². The zero-order valence-corrected chi connectivity index (χ0v) is 15.4. The summed E-state index contributed by atoms with van der Waals surface area (Å²) in [5.41, 5.74) is -3.18. The van der Waals surface area contributed by atoms with E-state index in [9.17, 15) is 20.1 Å². The summed E-state index contributed by atoms with van der Waals surface area (Å²) in [4.78, 5) is 13.2. The first-order valence-corrected chi connectivity index (χ1v) is 9.65. The number of fused-ring (bicyclic) bond motifs is 3. The monoisotopic (exact) mass is 336 g/mol. The molecule has 2 bridgehead atoms. The van der Waals surface area contributed by atoms with Gasteiger partial charge in [-0.15, -0.1) is 0 Å². The van der Waals surface area contributed by atoms with Gasteiger partial charge < -0.3 is 15.3 Å². The third-order valence-corrected chi connectivity index (χ3v) is 9.10. The second-order valence-electron chi connectivity index (χ2n) is 10.1. The first-order valence-electron chi connectivity index (χ1n) is 9.65. The molecular formula is C20H32O4. The van der Waals surface area contributed by atoms with Crippen LogP contribution >= 0.6 is 0 Å². The van der Waals surface area contributed by atoms with Gasteiger partial charge in [-0.05, 0) is 55.8 Å². The number of hydrogen-bond donors (Lipinski definition) is 3. The maximum atomic E-state index is 13.2. The van der Waals surface area contributed by atoms with E-state index in [-0.39, 0.29) is 29.0 Å². The number of aliphatic hydroxyl groups excluding tert-OH is 2. The molecule has 8 atom stereocenters. The van der Waals surface area contributed by atoms with Crippen molar-refractivity contribution in [2.24, 2.45) is 34.0 Å². The highest BCUT2D eigenvalue weighted by Gasteiger charge is 2.78. The summed E-state index contributed by atoms with van der Waals surface area (Å²) >= 11 is 0. The molecule has 0 radical (unpaired) electrons. The van der Waals surface area contributed by atoms with Crippen molar-refractivity contribution in [2.45, 2.75) is 84.0 Å². The lowest BCUT2D eigenvalue weighted by atomic mass is 9.37. The number of carbonyl (C=O) groups excluding carboxylic acids is 1. The molecule has 0 aromatic heterocycles. The van der Waals surface area contributed by atoms with E-state index in [2.05, 4.69) is 13.8 Å². The summed E-state index contributed by atoms with van der Waals surface area (Å²) in [7, 11) is 0. The molecule has 0 heterocycles. The van der Waals surface area contributed by atoms with E-state index in [1.54, 1.807) is 0 Å². The van der Waals surface area contributed by atoms with Gasteiger partial charge in [-0.2, -0.15) is 0 Å². The van der Waals surface area contributed by atoms with E-state index in [0.717, 1.165) is 12.8 Å². The van der Waals surface area contributed by atoms with Crippen molar-refractivity contribution in [1.29, 1.82) is 0 Å². The molecule has 3 N–H and O–H groups in total. The van der Waals surface area contributed by atoms with Crippen molar-refractivity contribution in [1.82, 2.24) is 0 Å². The lowest BCUT2D eigenvalue weighted by Crippen LogP contribution is -2.76. The number of aliphatic hydroxyl groups is 3. The van der Waals surface area contributed by atoms with Crippen molar-refractivity contribution in [3.63, 3.8) is 0 Å². The molecule has 24 heavy (non-hydrogen) atoms. The molecule has 0 aromatic rings. The molecule has 0 aliphatic heterocycles. The van der Waals surface area contributed by atoms with Gasteiger partial charge in [0.25, 0.3) is 0 Å². The van der Waals surface area contributed by atoms with Crippen LogP contribution in [-0.4, -0.2) is 38.9 Å². The van der Waals surface area contributed by atoms with E-state index in [1.165, 1.54) is 0 Å². The minimum absolute atomic E-state index is 0.0135. The Kier molecular flexibility index (Phi) is 3.28. The molecule has 1 spiro atoms. The molecule has 0 aromatic carbocycles. The summed E-state index contributed by atoms with van der Waals surface area (Å²) in [6, 6.07) is 0. The first-order chi connectivity index (χ1) is 11.0. The Bertz CT molecular complexity index is 586. The largest absolute Gasteiger partial charge is 0.392 e. The minimum Gasteiger partial charge on any atom is -0.392 e. The fourth-order valence-corrected chi connectivity index (χ4v) is 7.56. The maximum Gasteiger partial charge on any atom is 0.147 e. The Morgan fingerprint density at radius 1 is 1.04 bits per heavy atom. The van der Waals surface area contributed by atoms with Crippen LogP contribution in [0, 0.1) is 34.0 Å². The highest BCUT2D eigenvalue weighted by atomic mass is 16.3. The van der Waals surface area contributed by atoms with Crippen LogP contribution in [0.25, 0.3) is 0 Å². The van der Waals surface area contributed by atoms with Crippen LogP contribution in [0.5, 0.6) is 0 Å². The minimum atomic E-state index is -1.31. The van der Waals surface area contributed by atoms with Gasteiger partial charge in [-0.1, -0.05) is 27.7 Å². The molecular weight excluding hydrogens is 304 g/mol. The van der Waals surface area contributed by atoms with Gasteiger partial charge in [0, 0.05) is 11.3 Å². The molecule has 4 nitrogen and oxygen atoms in total. The molecule has 0 amide bonds. The Morgan fingerprint density at radius 2 is 1.71 bits per heavy atom. The quantitative estimate of drug-likeness (QED) is 0.634. The summed E-state index contributed by atoms with van der Waals surface area (Å²) in [5.74, 6) is 0.221. The van der Waals surface area contributed by atoms with E-state index in [0.29, 0.717) is 25.7 Å². The maximum absolute atomic E-state index is 13.2. The highest BCUT2D eigenvalue weighted by molar-refractivity contribution is 5.92. The molecule has 4 fully saturated rings. The van der Waals surface area contributed by atoms with Gasteiger partial charge in [-0.25, -0.2) is 0 Å².